The molecule has 3 aromatic carbocycles. The molecule has 1 aliphatic rings. The maximum atomic E-state index is 11.7. The molecule has 0 heterocycles. The molecule has 1 saturated carbocycles. The summed E-state index contributed by atoms with van der Waals surface area (Å²) in [6, 6.07) is 22.1. The lowest BCUT2D eigenvalue weighted by Gasteiger charge is -2.35. The van der Waals surface area contributed by atoms with Gasteiger partial charge in [-0.05, 0) is 117 Å². The largest absolute Gasteiger partial charge is 0.469 e. The molecule has 4 rings (SSSR count). The van der Waals surface area contributed by atoms with E-state index in [0.717, 1.165) is 42.4 Å². The van der Waals surface area contributed by atoms with E-state index in [0.29, 0.717) is 6.42 Å². The third-order valence-electron chi connectivity index (χ3n) is 9.44. The second kappa shape index (κ2) is 14.3. The van der Waals surface area contributed by atoms with Crippen LogP contribution in [-0.2, 0) is 25.8 Å². The van der Waals surface area contributed by atoms with Crippen molar-refractivity contribution in [2.75, 3.05) is 7.11 Å². The van der Waals surface area contributed by atoms with Crippen molar-refractivity contribution >= 4 is 14.3 Å². The van der Waals surface area contributed by atoms with E-state index in [2.05, 4.69) is 108 Å². The van der Waals surface area contributed by atoms with Gasteiger partial charge in [-0.15, -0.1) is 0 Å². The quantitative estimate of drug-likeness (QED) is 0.105. The number of carbonyl (C=O) groups is 1. The van der Waals surface area contributed by atoms with Crippen LogP contribution in [-0.4, -0.2) is 27.0 Å². The molecule has 0 aliphatic heterocycles. The molecule has 3 aromatic rings. The van der Waals surface area contributed by atoms with Gasteiger partial charge < -0.3 is 9.16 Å². The van der Waals surface area contributed by atoms with Crippen LogP contribution in [0.2, 0.25) is 19.6 Å². The molecule has 0 atom stereocenters. The predicted molar refractivity (Wildman–Crippen MR) is 187 cm³/mol. The van der Waals surface area contributed by atoms with Gasteiger partial charge in [-0.3, -0.25) is 4.79 Å². The summed E-state index contributed by atoms with van der Waals surface area (Å²) in [5, 5.41) is 0. The minimum Gasteiger partial charge on any atom is -0.469 e. The Hall–Kier alpha value is -3.13. The third-order valence-corrected chi connectivity index (χ3v) is 10.4. The normalized spacial score (nSPS) is 15.2. The van der Waals surface area contributed by atoms with Gasteiger partial charge in [0.05, 0.1) is 13.5 Å². The summed E-state index contributed by atoms with van der Waals surface area (Å²) >= 11 is 0. The van der Waals surface area contributed by atoms with Crippen LogP contribution in [0, 0.1) is 25.7 Å². The number of methoxy groups -OCH3 is 1. The Balaban J connectivity index is 1.64. The highest BCUT2D eigenvalue weighted by Gasteiger charge is 2.35. The summed E-state index contributed by atoms with van der Waals surface area (Å²) < 4.78 is 11.6. The van der Waals surface area contributed by atoms with E-state index < -0.39 is 8.32 Å². The lowest BCUT2D eigenvalue weighted by atomic mass is 9.69. The zero-order valence-electron chi connectivity index (χ0n) is 28.4. The molecule has 4 heteroatoms. The van der Waals surface area contributed by atoms with Crippen molar-refractivity contribution < 1.29 is 14.0 Å². The third kappa shape index (κ3) is 7.92. The Morgan fingerprint density at radius 3 is 1.95 bits per heavy atom. The van der Waals surface area contributed by atoms with Crippen LogP contribution in [0.1, 0.15) is 98.6 Å². The fourth-order valence-corrected chi connectivity index (χ4v) is 8.41. The van der Waals surface area contributed by atoms with E-state index in [1.54, 1.807) is 0 Å². The molecule has 0 saturated heterocycles. The standard InChI is InChI=1S/C40H52O3Si/c1-9-40(10-2,36-21-22-37(31(4)28-36)34-17-15-32(16-18-34)29-38(41)42-5)35-20-19-33(30(3)27-35)23-26-39(43-44(6,7)8)24-13-11-12-14-25-39/h15-22,27-28H,9-14,24-25,29H2,1-8H3. The Morgan fingerprint density at radius 1 is 0.841 bits per heavy atom. The van der Waals surface area contributed by atoms with Gasteiger partial charge in [-0.25, -0.2) is 0 Å². The topological polar surface area (TPSA) is 35.5 Å². The molecule has 0 aromatic heterocycles. The van der Waals surface area contributed by atoms with E-state index >= 15 is 0 Å². The summed E-state index contributed by atoms with van der Waals surface area (Å²) in [7, 11) is -0.305. The molecule has 0 radical (unpaired) electrons. The molecule has 0 bridgehead atoms. The van der Waals surface area contributed by atoms with Gasteiger partial charge in [0.1, 0.15) is 5.60 Å². The Bertz CT molecular complexity index is 1490. The summed E-state index contributed by atoms with van der Waals surface area (Å²) in [5.74, 6) is 7.07. The molecule has 3 nitrogen and oxygen atoms in total. The van der Waals surface area contributed by atoms with E-state index in [4.69, 9.17) is 9.16 Å². The minimum atomic E-state index is -1.73. The summed E-state index contributed by atoms with van der Waals surface area (Å²) in [4.78, 5) is 11.7. The van der Waals surface area contributed by atoms with Crippen molar-refractivity contribution in [1.82, 2.24) is 0 Å². The average Bonchev–Trinajstić information content (AvgIpc) is 3.22. The number of benzene rings is 3. The maximum absolute atomic E-state index is 11.7. The first-order valence-electron chi connectivity index (χ1n) is 16.6. The molecule has 234 valence electrons. The van der Waals surface area contributed by atoms with Crippen LogP contribution in [0.5, 0.6) is 0 Å². The van der Waals surface area contributed by atoms with Gasteiger partial charge >= 0.3 is 5.97 Å². The number of aryl methyl sites for hydroxylation is 2. The molecule has 0 N–H and O–H groups in total. The second-order valence-electron chi connectivity index (χ2n) is 13.7. The highest BCUT2D eigenvalue weighted by Crippen LogP contribution is 2.41. The van der Waals surface area contributed by atoms with Crippen molar-refractivity contribution in [1.29, 1.82) is 0 Å². The van der Waals surface area contributed by atoms with E-state index in [-0.39, 0.29) is 17.0 Å². The van der Waals surface area contributed by atoms with Crippen molar-refractivity contribution in [3.63, 3.8) is 0 Å². The zero-order valence-corrected chi connectivity index (χ0v) is 29.4. The number of rotatable bonds is 9. The average molecular weight is 609 g/mol. The monoisotopic (exact) mass is 608 g/mol. The molecule has 44 heavy (non-hydrogen) atoms. The first-order valence-corrected chi connectivity index (χ1v) is 20.0. The molecule has 1 fully saturated rings. The fraction of sp³-hybridized carbons (Fsp3) is 0.475. The van der Waals surface area contributed by atoms with Gasteiger partial charge in [0.15, 0.2) is 8.32 Å². The van der Waals surface area contributed by atoms with Gasteiger partial charge in [0.2, 0.25) is 0 Å². The van der Waals surface area contributed by atoms with Crippen LogP contribution in [0.25, 0.3) is 11.1 Å². The highest BCUT2D eigenvalue weighted by atomic mass is 28.4. The van der Waals surface area contributed by atoms with Crippen LogP contribution in [0.15, 0.2) is 60.7 Å². The van der Waals surface area contributed by atoms with Crippen molar-refractivity contribution in [3.05, 3.63) is 94.0 Å². The molecular formula is C40H52O3Si. The number of hydrogen-bond acceptors (Lipinski definition) is 3. The summed E-state index contributed by atoms with van der Waals surface area (Å²) in [6.07, 6.45) is 9.38. The van der Waals surface area contributed by atoms with E-state index in [1.807, 2.05) is 12.1 Å². The predicted octanol–water partition coefficient (Wildman–Crippen LogP) is 10.1. The fourth-order valence-electron chi connectivity index (χ4n) is 6.98. The highest BCUT2D eigenvalue weighted by molar-refractivity contribution is 6.69. The van der Waals surface area contributed by atoms with Gasteiger partial charge in [-0.1, -0.05) is 93.1 Å². The molecule has 0 unspecified atom stereocenters. The van der Waals surface area contributed by atoms with Crippen molar-refractivity contribution in [3.8, 4) is 23.0 Å². The Kier molecular flexibility index (Phi) is 11.0. The smallest absolute Gasteiger partial charge is 0.309 e. The molecular weight excluding hydrogens is 557 g/mol. The number of hydrogen-bond donors (Lipinski definition) is 0. The molecule has 0 spiro atoms. The van der Waals surface area contributed by atoms with Crippen LogP contribution < -0.4 is 0 Å². The van der Waals surface area contributed by atoms with Crippen LogP contribution in [0.3, 0.4) is 0 Å². The lowest BCUT2D eigenvalue weighted by Crippen LogP contribution is -2.41. The summed E-state index contributed by atoms with van der Waals surface area (Å²) in [6.45, 7) is 15.9. The van der Waals surface area contributed by atoms with Crippen molar-refractivity contribution in [2.24, 2.45) is 0 Å². The zero-order chi connectivity index (χ0) is 32.0. The van der Waals surface area contributed by atoms with E-state index in [1.165, 1.54) is 60.6 Å². The van der Waals surface area contributed by atoms with E-state index in [9.17, 15) is 4.79 Å². The lowest BCUT2D eigenvalue weighted by molar-refractivity contribution is -0.139. The minimum absolute atomic E-state index is 0.0756. The van der Waals surface area contributed by atoms with Gasteiger partial charge in [0.25, 0.3) is 0 Å². The second-order valence-corrected chi connectivity index (χ2v) is 18.1. The maximum Gasteiger partial charge on any atom is 0.309 e. The van der Waals surface area contributed by atoms with Crippen LogP contribution in [0.4, 0.5) is 0 Å². The van der Waals surface area contributed by atoms with Crippen LogP contribution >= 0.6 is 0 Å². The number of esters is 1. The Morgan fingerprint density at radius 2 is 1.43 bits per heavy atom. The van der Waals surface area contributed by atoms with Gasteiger partial charge in [0, 0.05) is 11.0 Å². The van der Waals surface area contributed by atoms with Gasteiger partial charge in [-0.2, -0.15) is 0 Å². The number of carbonyl (C=O) groups excluding carboxylic acids is 1. The first kappa shape index (κ1) is 33.8. The first-order chi connectivity index (χ1) is 20.9. The SMILES string of the molecule is CCC(CC)(c1ccc(C#CC2(O[Si](C)(C)C)CCCCCC2)c(C)c1)c1ccc(-c2ccc(CC(=O)OC)cc2)c(C)c1. The summed E-state index contributed by atoms with van der Waals surface area (Å²) in [5.41, 5.74) is 9.26. The van der Waals surface area contributed by atoms with Crippen molar-refractivity contribution in [2.45, 2.75) is 116 Å². The molecule has 1 aliphatic carbocycles. The molecule has 0 amide bonds. The Labute approximate surface area is 267 Å². The number of ether oxygens (including phenoxy) is 1.